The van der Waals surface area contributed by atoms with E-state index in [4.69, 9.17) is 0 Å². The van der Waals surface area contributed by atoms with Gasteiger partial charge in [0, 0.05) is 25.0 Å². The summed E-state index contributed by atoms with van der Waals surface area (Å²) in [6.45, 7) is 2.87. The Balaban J connectivity index is 1.22. The van der Waals surface area contributed by atoms with Crippen LogP contribution in [0.15, 0.2) is 103 Å². The number of carbonyl (C=O) groups excluding carboxylic acids is 1. The van der Waals surface area contributed by atoms with Gasteiger partial charge in [0.1, 0.15) is 0 Å². The Labute approximate surface area is 203 Å². The highest BCUT2D eigenvalue weighted by Gasteiger charge is 2.27. The van der Waals surface area contributed by atoms with Crippen LogP contribution in [-0.2, 0) is 4.79 Å². The van der Waals surface area contributed by atoms with Crippen LogP contribution < -0.4 is 5.32 Å². The molecule has 34 heavy (non-hydrogen) atoms. The molecule has 0 spiro atoms. The number of likely N-dealkylation sites (tertiary alicyclic amines) is 1. The molecule has 1 amide bonds. The van der Waals surface area contributed by atoms with Gasteiger partial charge in [0.25, 0.3) is 0 Å². The summed E-state index contributed by atoms with van der Waals surface area (Å²) in [6.07, 6.45) is 14.0. The zero-order chi connectivity index (χ0) is 23.4. The van der Waals surface area contributed by atoms with Crippen LogP contribution >= 0.6 is 0 Å². The molecule has 1 aliphatic heterocycles. The molecule has 1 fully saturated rings. The highest BCUT2D eigenvalue weighted by atomic mass is 16.1. The molecule has 1 saturated heterocycles. The van der Waals surface area contributed by atoms with E-state index in [1.165, 1.54) is 11.1 Å². The van der Waals surface area contributed by atoms with E-state index >= 15 is 0 Å². The number of carbonyl (C=O) groups is 1. The lowest BCUT2D eigenvalue weighted by Crippen LogP contribution is -2.38. The minimum atomic E-state index is -0.0403. The number of nitrogens with zero attached hydrogens (tertiary/aromatic N) is 2. The van der Waals surface area contributed by atoms with Gasteiger partial charge >= 0.3 is 0 Å². The summed E-state index contributed by atoms with van der Waals surface area (Å²) in [7, 11) is 0. The number of benzene rings is 2. The fourth-order valence-corrected chi connectivity index (χ4v) is 4.63. The minimum Gasteiger partial charge on any atom is -0.353 e. The lowest BCUT2D eigenvalue weighted by molar-refractivity contribution is -0.116. The molecule has 2 aromatic carbocycles. The fourth-order valence-electron chi connectivity index (χ4n) is 4.63. The maximum absolute atomic E-state index is 12.1. The van der Waals surface area contributed by atoms with Gasteiger partial charge in [-0.25, -0.2) is 0 Å². The summed E-state index contributed by atoms with van der Waals surface area (Å²) in [6, 6.07) is 25.8. The van der Waals surface area contributed by atoms with Gasteiger partial charge in [-0.3, -0.25) is 14.7 Å². The van der Waals surface area contributed by atoms with Gasteiger partial charge in [0.15, 0.2) is 0 Å². The SMILES string of the molecule is O=C(/C=C/C=C/c1cccnc1)NCCC1CCN(C(c2ccccc2)c2ccccc2)CC1. The van der Waals surface area contributed by atoms with Crippen molar-refractivity contribution in [2.45, 2.75) is 25.3 Å². The summed E-state index contributed by atoms with van der Waals surface area (Å²) < 4.78 is 0. The normalized spacial score (nSPS) is 15.3. The molecular weight excluding hydrogens is 418 g/mol. The monoisotopic (exact) mass is 451 g/mol. The number of rotatable bonds is 9. The smallest absolute Gasteiger partial charge is 0.243 e. The molecule has 0 atom stereocenters. The number of piperidine rings is 1. The summed E-state index contributed by atoms with van der Waals surface area (Å²) in [5.41, 5.74) is 3.72. The van der Waals surface area contributed by atoms with Gasteiger partial charge in [-0.15, -0.1) is 0 Å². The van der Waals surface area contributed by atoms with Crippen LogP contribution in [-0.4, -0.2) is 35.4 Å². The number of amides is 1. The van der Waals surface area contributed by atoms with E-state index in [-0.39, 0.29) is 5.91 Å². The van der Waals surface area contributed by atoms with Crippen LogP contribution in [0.3, 0.4) is 0 Å². The molecule has 4 rings (SSSR count). The molecule has 0 radical (unpaired) electrons. The molecular formula is C30H33N3O. The van der Waals surface area contributed by atoms with Crippen LogP contribution in [0.5, 0.6) is 0 Å². The Bertz CT molecular complexity index is 1020. The van der Waals surface area contributed by atoms with Crippen LogP contribution in [0.1, 0.15) is 42.0 Å². The quantitative estimate of drug-likeness (QED) is 0.337. The molecule has 0 unspecified atom stereocenters. The van der Waals surface area contributed by atoms with Crippen molar-refractivity contribution in [1.82, 2.24) is 15.2 Å². The lowest BCUT2D eigenvalue weighted by Gasteiger charge is -2.38. The molecule has 0 aliphatic carbocycles. The molecule has 4 nitrogen and oxygen atoms in total. The predicted molar refractivity (Wildman–Crippen MR) is 139 cm³/mol. The van der Waals surface area contributed by atoms with Crippen molar-refractivity contribution >= 4 is 12.0 Å². The van der Waals surface area contributed by atoms with Crippen molar-refractivity contribution in [3.63, 3.8) is 0 Å². The molecule has 0 bridgehead atoms. The molecule has 4 heteroatoms. The number of nitrogens with one attached hydrogen (secondary N) is 1. The molecule has 3 aromatic rings. The number of aromatic nitrogens is 1. The van der Waals surface area contributed by atoms with Gasteiger partial charge in [0.05, 0.1) is 6.04 Å². The van der Waals surface area contributed by atoms with Crippen LogP contribution in [0.4, 0.5) is 0 Å². The first-order valence-electron chi connectivity index (χ1n) is 12.2. The summed E-state index contributed by atoms with van der Waals surface area (Å²) >= 11 is 0. The van der Waals surface area contributed by atoms with E-state index in [0.717, 1.165) is 44.5 Å². The highest BCUT2D eigenvalue weighted by Crippen LogP contribution is 2.32. The van der Waals surface area contributed by atoms with Crippen molar-refractivity contribution < 1.29 is 4.79 Å². The second kappa shape index (κ2) is 12.7. The van der Waals surface area contributed by atoms with Gasteiger partial charge in [0.2, 0.25) is 5.91 Å². The van der Waals surface area contributed by atoms with Crippen LogP contribution in [0.25, 0.3) is 6.08 Å². The maximum atomic E-state index is 12.1. The number of pyridine rings is 1. The molecule has 1 N–H and O–H groups in total. The van der Waals surface area contributed by atoms with Crippen molar-refractivity contribution in [3.8, 4) is 0 Å². The van der Waals surface area contributed by atoms with E-state index in [0.29, 0.717) is 12.0 Å². The summed E-state index contributed by atoms with van der Waals surface area (Å²) in [5, 5.41) is 3.03. The van der Waals surface area contributed by atoms with Crippen molar-refractivity contribution in [2.24, 2.45) is 5.92 Å². The minimum absolute atomic E-state index is 0.0403. The van der Waals surface area contributed by atoms with E-state index in [1.54, 1.807) is 24.5 Å². The summed E-state index contributed by atoms with van der Waals surface area (Å²) in [4.78, 5) is 18.8. The average molecular weight is 452 g/mol. The average Bonchev–Trinajstić information content (AvgIpc) is 2.90. The fraction of sp³-hybridized carbons (Fsp3) is 0.267. The third kappa shape index (κ3) is 7.00. The van der Waals surface area contributed by atoms with Gasteiger partial charge in [-0.1, -0.05) is 85.0 Å². The zero-order valence-electron chi connectivity index (χ0n) is 19.6. The Hall–Kier alpha value is -3.50. The van der Waals surface area contributed by atoms with Gasteiger partial charge in [-0.2, -0.15) is 0 Å². The zero-order valence-corrected chi connectivity index (χ0v) is 19.6. The van der Waals surface area contributed by atoms with E-state index in [9.17, 15) is 4.79 Å². The standard InChI is InChI=1S/C30H33N3O/c34-29(16-8-7-10-26-11-9-20-31-24-26)32-21-17-25-18-22-33(23-19-25)30(27-12-3-1-4-13-27)28-14-5-2-6-15-28/h1-16,20,24-25,30H,17-19,21-23H2,(H,32,34)/b10-7+,16-8+. The molecule has 1 aromatic heterocycles. The van der Waals surface area contributed by atoms with E-state index in [2.05, 4.69) is 75.9 Å². The lowest BCUT2D eigenvalue weighted by atomic mass is 9.89. The van der Waals surface area contributed by atoms with Crippen LogP contribution in [0.2, 0.25) is 0 Å². The van der Waals surface area contributed by atoms with Crippen molar-refractivity contribution in [2.75, 3.05) is 19.6 Å². The largest absolute Gasteiger partial charge is 0.353 e. The maximum Gasteiger partial charge on any atom is 0.243 e. The molecule has 1 aliphatic rings. The van der Waals surface area contributed by atoms with Gasteiger partial charge in [-0.05, 0) is 61.0 Å². The Morgan fingerprint density at radius 1 is 0.941 bits per heavy atom. The molecule has 0 saturated carbocycles. The van der Waals surface area contributed by atoms with E-state index in [1.807, 2.05) is 24.3 Å². The van der Waals surface area contributed by atoms with Crippen molar-refractivity contribution in [3.05, 3.63) is 120 Å². The van der Waals surface area contributed by atoms with Gasteiger partial charge < -0.3 is 5.32 Å². The molecule has 174 valence electrons. The number of hydrogen-bond donors (Lipinski definition) is 1. The highest BCUT2D eigenvalue weighted by molar-refractivity contribution is 5.87. The third-order valence-corrected chi connectivity index (χ3v) is 6.43. The first-order valence-corrected chi connectivity index (χ1v) is 12.2. The predicted octanol–water partition coefficient (Wildman–Crippen LogP) is 5.66. The van der Waals surface area contributed by atoms with Crippen LogP contribution in [0, 0.1) is 5.92 Å². The first kappa shape index (κ1) is 23.7. The Kier molecular flexibility index (Phi) is 8.81. The Morgan fingerprint density at radius 3 is 2.24 bits per heavy atom. The summed E-state index contributed by atoms with van der Waals surface area (Å²) in [5.74, 6) is 0.611. The number of allylic oxidation sites excluding steroid dienone is 2. The Morgan fingerprint density at radius 2 is 1.62 bits per heavy atom. The second-order valence-corrected chi connectivity index (χ2v) is 8.79. The van der Waals surface area contributed by atoms with E-state index < -0.39 is 0 Å². The third-order valence-electron chi connectivity index (χ3n) is 6.43. The molecule has 2 heterocycles. The topological polar surface area (TPSA) is 45.2 Å². The number of hydrogen-bond acceptors (Lipinski definition) is 3. The second-order valence-electron chi connectivity index (χ2n) is 8.79. The first-order chi connectivity index (χ1) is 16.8. The van der Waals surface area contributed by atoms with Crippen molar-refractivity contribution in [1.29, 1.82) is 0 Å².